The fourth-order valence-corrected chi connectivity index (χ4v) is 3.45. The number of thiazole rings is 1. The number of aryl methyl sites for hydroxylation is 1. The minimum atomic E-state index is -2.85. The smallest absolute Gasteiger partial charge is 0.288 e. The Morgan fingerprint density at radius 2 is 2.11 bits per heavy atom. The molecule has 1 aliphatic heterocycles. The molecule has 0 amide bonds. The molecule has 6 heteroatoms. The highest BCUT2D eigenvalue weighted by Crippen LogP contribution is 2.34. The maximum atomic E-state index is 13.3. The van der Waals surface area contributed by atoms with Gasteiger partial charge < -0.3 is 5.73 Å². The molecule has 1 fully saturated rings. The quantitative estimate of drug-likeness (QED) is 0.917. The van der Waals surface area contributed by atoms with Gasteiger partial charge in [0.15, 0.2) is 0 Å². The Balaban J connectivity index is 2.00. The summed E-state index contributed by atoms with van der Waals surface area (Å²) in [5.74, 6) is -2.85. The third-order valence-corrected chi connectivity index (χ3v) is 4.27. The minimum Gasteiger partial charge on any atom is -0.330 e. The molecule has 1 aromatic heterocycles. The van der Waals surface area contributed by atoms with E-state index >= 15 is 0 Å². The molecule has 1 aliphatic rings. The van der Waals surface area contributed by atoms with Gasteiger partial charge in [0.1, 0.15) is 10.7 Å². The molecule has 0 atom stereocenters. The van der Waals surface area contributed by atoms with Crippen molar-refractivity contribution in [1.82, 2.24) is 9.88 Å². The lowest BCUT2D eigenvalue weighted by Crippen LogP contribution is -2.57. The van der Waals surface area contributed by atoms with E-state index < -0.39 is 5.92 Å². The van der Waals surface area contributed by atoms with Crippen LogP contribution in [0.15, 0.2) is 0 Å². The standard InChI is InChI=1S/C12H19F2N3S/c1-8-10(12(3,13)14)16-9(18-8)4-17-6-11(2,5-15)7-17/h4-7,15H2,1-3H3. The number of likely N-dealkylation sites (tertiary alicyclic amines) is 1. The van der Waals surface area contributed by atoms with E-state index in [1.54, 1.807) is 6.92 Å². The van der Waals surface area contributed by atoms with Gasteiger partial charge >= 0.3 is 0 Å². The maximum absolute atomic E-state index is 13.3. The molecule has 1 saturated heterocycles. The van der Waals surface area contributed by atoms with Crippen molar-refractivity contribution >= 4 is 11.3 Å². The zero-order valence-electron chi connectivity index (χ0n) is 11.0. The van der Waals surface area contributed by atoms with E-state index in [-0.39, 0.29) is 11.1 Å². The molecule has 0 aromatic carbocycles. The Bertz CT molecular complexity index is 433. The molecule has 3 nitrogen and oxygen atoms in total. The SMILES string of the molecule is Cc1sc(CN2CC(C)(CN)C2)nc1C(C)(F)F. The first-order valence-electron chi connectivity index (χ1n) is 6.00. The van der Waals surface area contributed by atoms with Gasteiger partial charge in [-0.05, 0) is 6.92 Å². The van der Waals surface area contributed by atoms with Crippen molar-refractivity contribution in [2.24, 2.45) is 11.1 Å². The third kappa shape index (κ3) is 2.70. The Labute approximate surface area is 110 Å². The number of hydrogen-bond acceptors (Lipinski definition) is 4. The zero-order chi connectivity index (χ0) is 13.6. The molecule has 0 bridgehead atoms. The molecule has 1 aromatic rings. The third-order valence-electron chi connectivity index (χ3n) is 3.32. The first kappa shape index (κ1) is 13.8. The number of hydrogen-bond donors (Lipinski definition) is 1. The molecule has 18 heavy (non-hydrogen) atoms. The van der Waals surface area contributed by atoms with Crippen molar-refractivity contribution in [2.75, 3.05) is 19.6 Å². The van der Waals surface area contributed by atoms with E-state index in [0.717, 1.165) is 25.0 Å². The Hall–Kier alpha value is -0.590. The van der Waals surface area contributed by atoms with E-state index in [2.05, 4.69) is 16.8 Å². The molecule has 2 N–H and O–H groups in total. The van der Waals surface area contributed by atoms with Gasteiger partial charge in [-0.3, -0.25) is 4.90 Å². The molecule has 0 saturated carbocycles. The summed E-state index contributed by atoms with van der Waals surface area (Å²) >= 11 is 1.36. The second kappa shape index (κ2) is 4.51. The average Bonchev–Trinajstić information content (AvgIpc) is 2.56. The van der Waals surface area contributed by atoms with E-state index in [1.165, 1.54) is 11.3 Å². The topological polar surface area (TPSA) is 42.1 Å². The van der Waals surface area contributed by atoms with Gasteiger partial charge in [0.05, 0.1) is 6.54 Å². The van der Waals surface area contributed by atoms with E-state index in [1.807, 2.05) is 0 Å². The summed E-state index contributed by atoms with van der Waals surface area (Å²) in [6.07, 6.45) is 0. The minimum absolute atomic E-state index is 0.0791. The maximum Gasteiger partial charge on any atom is 0.288 e. The van der Waals surface area contributed by atoms with Gasteiger partial charge in [0.2, 0.25) is 0 Å². The van der Waals surface area contributed by atoms with Crippen LogP contribution >= 0.6 is 11.3 Å². The van der Waals surface area contributed by atoms with Gasteiger partial charge in [-0.25, -0.2) is 4.98 Å². The van der Waals surface area contributed by atoms with Crippen LogP contribution in [0.3, 0.4) is 0 Å². The molecular formula is C12H19F2N3S. The molecule has 0 radical (unpaired) electrons. The van der Waals surface area contributed by atoms with Crippen LogP contribution in [0.1, 0.15) is 29.4 Å². The van der Waals surface area contributed by atoms with Crippen LogP contribution in [0.25, 0.3) is 0 Å². The lowest BCUT2D eigenvalue weighted by Gasteiger charge is -2.47. The first-order valence-corrected chi connectivity index (χ1v) is 6.82. The number of nitrogens with two attached hydrogens (primary N) is 1. The fraction of sp³-hybridized carbons (Fsp3) is 0.750. The van der Waals surface area contributed by atoms with Crippen LogP contribution in [0, 0.1) is 12.3 Å². The second-order valence-corrected chi connectivity index (χ2v) is 6.85. The zero-order valence-corrected chi connectivity index (χ0v) is 11.8. The number of rotatable bonds is 4. The monoisotopic (exact) mass is 275 g/mol. The molecular weight excluding hydrogens is 256 g/mol. The average molecular weight is 275 g/mol. The number of nitrogens with zero attached hydrogens (tertiary/aromatic N) is 2. The summed E-state index contributed by atoms with van der Waals surface area (Å²) in [6, 6.07) is 0. The molecule has 2 rings (SSSR count). The normalized spacial score (nSPS) is 19.9. The van der Waals surface area contributed by atoms with Crippen LogP contribution in [-0.2, 0) is 12.5 Å². The summed E-state index contributed by atoms with van der Waals surface area (Å²) in [5, 5.41) is 0.767. The van der Waals surface area contributed by atoms with Crippen molar-refractivity contribution < 1.29 is 8.78 Å². The largest absolute Gasteiger partial charge is 0.330 e. The Morgan fingerprint density at radius 1 is 1.50 bits per heavy atom. The lowest BCUT2D eigenvalue weighted by molar-refractivity contribution is 0.00936. The fourth-order valence-electron chi connectivity index (χ4n) is 2.39. The molecule has 0 unspecified atom stereocenters. The highest BCUT2D eigenvalue weighted by molar-refractivity contribution is 7.11. The highest BCUT2D eigenvalue weighted by atomic mass is 32.1. The number of halogens is 2. The summed E-state index contributed by atoms with van der Waals surface area (Å²) in [7, 11) is 0. The Kier molecular flexibility index (Phi) is 3.46. The molecule has 0 spiro atoms. The predicted molar refractivity (Wildman–Crippen MR) is 68.9 cm³/mol. The van der Waals surface area contributed by atoms with Crippen molar-refractivity contribution in [3.63, 3.8) is 0 Å². The van der Waals surface area contributed by atoms with Crippen LogP contribution in [-0.4, -0.2) is 29.5 Å². The van der Waals surface area contributed by atoms with E-state index in [4.69, 9.17) is 5.73 Å². The highest BCUT2D eigenvalue weighted by Gasteiger charge is 2.38. The van der Waals surface area contributed by atoms with Gasteiger partial charge in [0.25, 0.3) is 5.92 Å². The molecule has 102 valence electrons. The number of aromatic nitrogens is 1. The predicted octanol–water partition coefficient (Wildman–Crippen LogP) is 2.34. The van der Waals surface area contributed by atoms with E-state index in [0.29, 0.717) is 18.0 Å². The second-order valence-electron chi connectivity index (χ2n) is 5.56. The van der Waals surface area contributed by atoms with Gasteiger partial charge in [0, 0.05) is 36.9 Å². The summed E-state index contributed by atoms with van der Waals surface area (Å²) in [6.45, 7) is 7.89. The summed E-state index contributed by atoms with van der Waals surface area (Å²) < 4.78 is 26.5. The van der Waals surface area contributed by atoms with Crippen LogP contribution in [0.2, 0.25) is 0 Å². The first-order chi connectivity index (χ1) is 8.23. The van der Waals surface area contributed by atoms with Crippen molar-refractivity contribution in [2.45, 2.75) is 33.2 Å². The van der Waals surface area contributed by atoms with Gasteiger partial charge in [-0.1, -0.05) is 6.92 Å². The van der Waals surface area contributed by atoms with Crippen molar-refractivity contribution in [3.8, 4) is 0 Å². The van der Waals surface area contributed by atoms with Gasteiger partial charge in [-0.15, -0.1) is 11.3 Å². The van der Waals surface area contributed by atoms with Crippen LogP contribution in [0.5, 0.6) is 0 Å². The van der Waals surface area contributed by atoms with Crippen molar-refractivity contribution in [3.05, 3.63) is 15.6 Å². The Morgan fingerprint density at radius 3 is 2.56 bits per heavy atom. The van der Waals surface area contributed by atoms with Crippen molar-refractivity contribution in [1.29, 1.82) is 0 Å². The summed E-state index contributed by atoms with van der Waals surface area (Å²) in [4.78, 5) is 6.88. The summed E-state index contributed by atoms with van der Waals surface area (Å²) in [5.41, 5.74) is 5.78. The number of alkyl halides is 2. The van der Waals surface area contributed by atoms with Crippen LogP contribution < -0.4 is 5.73 Å². The van der Waals surface area contributed by atoms with Crippen LogP contribution in [0.4, 0.5) is 8.78 Å². The van der Waals surface area contributed by atoms with E-state index in [9.17, 15) is 8.78 Å². The lowest BCUT2D eigenvalue weighted by atomic mass is 9.82. The molecule has 0 aliphatic carbocycles. The molecule has 2 heterocycles. The van der Waals surface area contributed by atoms with Gasteiger partial charge in [-0.2, -0.15) is 8.78 Å².